The molecule has 0 aromatic rings. The lowest BCUT2D eigenvalue weighted by atomic mass is 10.3. The van der Waals surface area contributed by atoms with Gasteiger partial charge in [0.25, 0.3) is 0 Å². The normalized spacial score (nSPS) is 9.62. The van der Waals surface area contributed by atoms with Gasteiger partial charge < -0.3 is 9.47 Å². The summed E-state index contributed by atoms with van der Waals surface area (Å²) in [5, 5.41) is 0. The molecule has 0 aliphatic carbocycles. The molecule has 0 aromatic carbocycles. The van der Waals surface area contributed by atoms with Gasteiger partial charge in [0.05, 0.1) is 13.0 Å². The molecule has 0 aliphatic heterocycles. The largest absolute Gasteiger partial charge is 0.466 e. The molecular formula is C11H18O5. The van der Waals surface area contributed by atoms with Gasteiger partial charge in [-0.15, -0.1) is 0 Å². The quantitative estimate of drug-likeness (QED) is 0.356. The third-order valence-corrected chi connectivity index (χ3v) is 1.72. The molecule has 0 N–H and O–H groups in total. The van der Waals surface area contributed by atoms with Crippen molar-refractivity contribution in [1.29, 1.82) is 0 Å². The summed E-state index contributed by atoms with van der Waals surface area (Å²) in [4.78, 5) is 32.5. The first-order valence-corrected chi connectivity index (χ1v) is 5.37. The average molecular weight is 230 g/mol. The van der Waals surface area contributed by atoms with Crippen LogP contribution >= 0.6 is 0 Å². The van der Waals surface area contributed by atoms with E-state index in [0.717, 1.165) is 12.8 Å². The summed E-state index contributed by atoms with van der Waals surface area (Å²) in [6.07, 6.45) is 1.58. The van der Waals surface area contributed by atoms with Crippen molar-refractivity contribution in [3.63, 3.8) is 0 Å². The van der Waals surface area contributed by atoms with Gasteiger partial charge in [-0.3, -0.25) is 14.4 Å². The van der Waals surface area contributed by atoms with Crippen molar-refractivity contribution in [3.05, 3.63) is 0 Å². The van der Waals surface area contributed by atoms with E-state index in [1.165, 1.54) is 6.92 Å². The summed E-state index contributed by atoms with van der Waals surface area (Å²) in [5.41, 5.74) is 0. The monoisotopic (exact) mass is 230 g/mol. The molecule has 0 fully saturated rings. The summed E-state index contributed by atoms with van der Waals surface area (Å²) >= 11 is 0. The number of Topliss-reactive ketones (excluding diaryl/α,β-unsaturated/α-hetero) is 1. The Bertz CT molecular complexity index is 247. The Labute approximate surface area is 95.1 Å². The lowest BCUT2D eigenvalue weighted by Gasteiger charge is -2.04. The number of unbranched alkanes of at least 4 members (excludes halogenated alkanes) is 1. The van der Waals surface area contributed by atoms with Gasteiger partial charge in [-0.1, -0.05) is 13.3 Å². The second-order valence-corrected chi connectivity index (χ2v) is 3.42. The van der Waals surface area contributed by atoms with Gasteiger partial charge in [0.15, 0.2) is 0 Å². The fourth-order valence-electron chi connectivity index (χ4n) is 0.905. The lowest BCUT2D eigenvalue weighted by Crippen LogP contribution is -2.14. The Morgan fingerprint density at radius 1 is 1.00 bits per heavy atom. The van der Waals surface area contributed by atoms with Crippen LogP contribution in [-0.4, -0.2) is 30.9 Å². The van der Waals surface area contributed by atoms with Crippen molar-refractivity contribution < 1.29 is 23.9 Å². The highest BCUT2D eigenvalue weighted by Crippen LogP contribution is 1.94. The molecule has 0 aliphatic rings. The van der Waals surface area contributed by atoms with Gasteiger partial charge in [0, 0.05) is 0 Å². The second-order valence-electron chi connectivity index (χ2n) is 3.42. The molecule has 0 aromatic heterocycles. The van der Waals surface area contributed by atoms with Crippen LogP contribution in [0.5, 0.6) is 0 Å². The highest BCUT2D eigenvalue weighted by atomic mass is 16.5. The maximum absolute atomic E-state index is 11.0. The Morgan fingerprint density at radius 3 is 2.19 bits per heavy atom. The van der Waals surface area contributed by atoms with Gasteiger partial charge in [0.1, 0.15) is 18.8 Å². The summed E-state index contributed by atoms with van der Waals surface area (Å²) in [7, 11) is 0. The van der Waals surface area contributed by atoms with Crippen LogP contribution in [0.25, 0.3) is 0 Å². The van der Waals surface area contributed by atoms with Crippen LogP contribution in [-0.2, 0) is 23.9 Å². The van der Waals surface area contributed by atoms with Gasteiger partial charge in [0.2, 0.25) is 0 Å². The summed E-state index contributed by atoms with van der Waals surface area (Å²) in [6, 6.07) is 0. The van der Waals surface area contributed by atoms with Crippen LogP contribution < -0.4 is 0 Å². The molecule has 92 valence electrons. The molecule has 0 unspecified atom stereocenters. The fourth-order valence-corrected chi connectivity index (χ4v) is 0.905. The van der Waals surface area contributed by atoms with E-state index >= 15 is 0 Å². The highest BCUT2D eigenvalue weighted by Gasteiger charge is 2.08. The minimum Gasteiger partial charge on any atom is -0.466 e. The van der Waals surface area contributed by atoms with Crippen molar-refractivity contribution in [3.8, 4) is 0 Å². The zero-order valence-corrected chi connectivity index (χ0v) is 9.78. The minimum atomic E-state index is -0.603. The molecule has 0 rings (SSSR count). The van der Waals surface area contributed by atoms with Crippen molar-refractivity contribution in [2.24, 2.45) is 0 Å². The van der Waals surface area contributed by atoms with Crippen molar-refractivity contribution in [2.45, 2.75) is 39.5 Å². The summed E-state index contributed by atoms with van der Waals surface area (Å²) in [5.74, 6) is -1.24. The Hall–Kier alpha value is -1.39. The van der Waals surface area contributed by atoms with Gasteiger partial charge in [-0.25, -0.2) is 0 Å². The Morgan fingerprint density at radius 2 is 1.62 bits per heavy atom. The van der Waals surface area contributed by atoms with Crippen LogP contribution in [0.3, 0.4) is 0 Å². The molecular weight excluding hydrogens is 212 g/mol. The molecule has 0 saturated carbocycles. The number of ether oxygens (including phenoxy) is 2. The molecule has 0 radical (unpaired) electrons. The standard InChI is InChI=1S/C11H18O5/c1-3-4-6-15-10(13)5-7-16-11(14)8-9(2)12/h3-8H2,1-2H3. The second kappa shape index (κ2) is 8.88. The van der Waals surface area contributed by atoms with Crippen molar-refractivity contribution in [2.75, 3.05) is 13.2 Å². The number of esters is 2. The van der Waals surface area contributed by atoms with Gasteiger partial charge in [-0.05, 0) is 13.3 Å². The van der Waals surface area contributed by atoms with Crippen molar-refractivity contribution in [1.82, 2.24) is 0 Å². The zero-order valence-electron chi connectivity index (χ0n) is 9.78. The lowest BCUT2D eigenvalue weighted by molar-refractivity contribution is -0.149. The molecule has 0 saturated heterocycles. The molecule has 5 nitrogen and oxygen atoms in total. The third kappa shape index (κ3) is 9.18. The van der Waals surface area contributed by atoms with E-state index in [1.54, 1.807) is 0 Å². The van der Waals surface area contributed by atoms with E-state index in [1.807, 2.05) is 6.92 Å². The number of hydrogen-bond acceptors (Lipinski definition) is 5. The highest BCUT2D eigenvalue weighted by molar-refractivity contribution is 5.94. The summed E-state index contributed by atoms with van der Waals surface area (Å²) in [6.45, 7) is 3.67. The Kier molecular flexibility index (Phi) is 8.11. The first kappa shape index (κ1) is 14.6. The predicted octanol–water partition coefficient (Wildman–Crippen LogP) is 1.24. The maximum atomic E-state index is 11.0. The smallest absolute Gasteiger partial charge is 0.313 e. The number of carbonyl (C=O) groups is 3. The molecule has 5 heteroatoms. The maximum Gasteiger partial charge on any atom is 0.313 e. The van der Waals surface area contributed by atoms with Crippen LogP contribution in [0.2, 0.25) is 0 Å². The molecule has 0 atom stereocenters. The fraction of sp³-hybridized carbons (Fsp3) is 0.727. The van der Waals surface area contributed by atoms with E-state index < -0.39 is 5.97 Å². The molecule has 16 heavy (non-hydrogen) atoms. The molecule has 0 heterocycles. The zero-order chi connectivity index (χ0) is 12.4. The number of rotatable bonds is 8. The molecule has 0 spiro atoms. The minimum absolute atomic E-state index is 0.0307. The number of ketones is 1. The van der Waals surface area contributed by atoms with Gasteiger partial charge >= 0.3 is 11.9 Å². The SMILES string of the molecule is CCCCOC(=O)CCOC(=O)CC(C)=O. The van der Waals surface area contributed by atoms with Crippen LogP contribution in [0.4, 0.5) is 0 Å². The Balaban J connectivity index is 3.46. The van der Waals surface area contributed by atoms with Crippen LogP contribution in [0.1, 0.15) is 39.5 Å². The van der Waals surface area contributed by atoms with Gasteiger partial charge in [-0.2, -0.15) is 0 Å². The number of carbonyl (C=O) groups excluding carboxylic acids is 3. The predicted molar refractivity (Wildman–Crippen MR) is 56.7 cm³/mol. The average Bonchev–Trinajstić information content (AvgIpc) is 2.17. The third-order valence-electron chi connectivity index (χ3n) is 1.72. The van der Waals surface area contributed by atoms with E-state index in [0.29, 0.717) is 6.61 Å². The van der Waals surface area contributed by atoms with Crippen LogP contribution in [0.15, 0.2) is 0 Å². The van der Waals surface area contributed by atoms with Crippen molar-refractivity contribution >= 4 is 17.7 Å². The van der Waals surface area contributed by atoms with Crippen LogP contribution in [0, 0.1) is 0 Å². The molecule has 0 bridgehead atoms. The summed E-state index contributed by atoms with van der Waals surface area (Å²) < 4.78 is 9.52. The van der Waals surface area contributed by atoms with E-state index in [-0.39, 0.29) is 31.2 Å². The molecule has 0 amide bonds. The van der Waals surface area contributed by atoms with E-state index in [2.05, 4.69) is 4.74 Å². The topological polar surface area (TPSA) is 69.7 Å². The van der Waals surface area contributed by atoms with E-state index in [9.17, 15) is 14.4 Å². The van der Waals surface area contributed by atoms with E-state index in [4.69, 9.17) is 4.74 Å². The first-order chi connectivity index (χ1) is 7.56. The number of hydrogen-bond donors (Lipinski definition) is 0. The first-order valence-electron chi connectivity index (χ1n) is 5.37.